The normalized spacial score (nSPS) is 9.60. The first-order valence-corrected chi connectivity index (χ1v) is 4.83. The highest BCUT2D eigenvalue weighted by Crippen LogP contribution is 2.04. The van der Waals surface area contributed by atoms with Gasteiger partial charge in [-0.2, -0.15) is 0 Å². The highest BCUT2D eigenvalue weighted by molar-refractivity contribution is 5.95. The van der Waals surface area contributed by atoms with Gasteiger partial charge in [0.15, 0.2) is 5.78 Å². The summed E-state index contributed by atoms with van der Waals surface area (Å²) < 4.78 is 0. The number of hydrogen-bond donors (Lipinski definition) is 1. The molecule has 1 rings (SSSR count). The van der Waals surface area contributed by atoms with E-state index in [0.29, 0.717) is 18.5 Å². The molecule has 0 aromatic carbocycles. The van der Waals surface area contributed by atoms with Gasteiger partial charge in [0, 0.05) is 36.2 Å². The molecule has 1 aromatic rings. The third-order valence-electron chi connectivity index (χ3n) is 1.99. The Labute approximate surface area is 87.9 Å². The second-order valence-electron chi connectivity index (χ2n) is 3.12. The maximum atomic E-state index is 11.5. The van der Waals surface area contributed by atoms with Crippen LogP contribution in [0.3, 0.4) is 0 Å². The van der Waals surface area contributed by atoms with Crippen molar-refractivity contribution in [3.63, 3.8) is 0 Å². The summed E-state index contributed by atoms with van der Waals surface area (Å²) in [6.45, 7) is 0.518. The Hall–Kier alpha value is -1.78. The number of pyridine rings is 1. The van der Waals surface area contributed by atoms with Crippen LogP contribution in [0.25, 0.3) is 0 Å². The molecule has 1 heterocycles. The molecule has 15 heavy (non-hydrogen) atoms. The lowest BCUT2D eigenvalue weighted by Crippen LogP contribution is -2.07. The highest BCUT2D eigenvalue weighted by atomic mass is 16.3. The van der Waals surface area contributed by atoms with Crippen molar-refractivity contribution < 1.29 is 4.79 Å². The molecular weight excluding hydrogens is 194 g/mol. The maximum Gasteiger partial charge on any atom is 0.164 e. The maximum absolute atomic E-state index is 11.5. The van der Waals surface area contributed by atoms with Crippen LogP contribution in [0.4, 0.5) is 0 Å². The van der Waals surface area contributed by atoms with Crippen LogP contribution in [0.1, 0.15) is 29.6 Å². The summed E-state index contributed by atoms with van der Waals surface area (Å²) in [4.78, 5) is 25.1. The highest BCUT2D eigenvalue weighted by Gasteiger charge is 2.04. The average molecular weight is 207 g/mol. The Morgan fingerprint density at radius 1 is 1.47 bits per heavy atom. The van der Waals surface area contributed by atoms with Gasteiger partial charge in [0.1, 0.15) is 0 Å². The largest absolute Gasteiger partial charge is 0.294 e. The van der Waals surface area contributed by atoms with Gasteiger partial charge in [-0.05, 0) is 25.0 Å². The molecule has 0 aliphatic carbocycles. The molecule has 0 radical (unpaired) electrons. The minimum Gasteiger partial charge on any atom is -0.294 e. The van der Waals surface area contributed by atoms with Crippen LogP contribution >= 0.6 is 0 Å². The number of rotatable bonds is 7. The van der Waals surface area contributed by atoms with Crippen molar-refractivity contribution in [2.75, 3.05) is 6.54 Å². The fourth-order valence-electron chi connectivity index (χ4n) is 1.21. The minimum atomic E-state index is 0.0853. The summed E-state index contributed by atoms with van der Waals surface area (Å²) in [7, 11) is 0. The van der Waals surface area contributed by atoms with Crippen molar-refractivity contribution >= 4 is 5.78 Å². The van der Waals surface area contributed by atoms with Gasteiger partial charge in [0.25, 0.3) is 0 Å². The van der Waals surface area contributed by atoms with Crippen LogP contribution < -0.4 is 5.43 Å². The lowest BCUT2D eigenvalue weighted by molar-refractivity contribution is 0.0979. The van der Waals surface area contributed by atoms with E-state index in [9.17, 15) is 9.70 Å². The number of nitroso groups, excluding NO2 is 1. The topological polar surface area (TPSA) is 71.4 Å². The van der Waals surface area contributed by atoms with E-state index in [1.807, 2.05) is 0 Å². The summed E-state index contributed by atoms with van der Waals surface area (Å²) in [5.41, 5.74) is 2.95. The van der Waals surface area contributed by atoms with Gasteiger partial charge in [-0.15, -0.1) is 4.91 Å². The van der Waals surface area contributed by atoms with Crippen LogP contribution in [0.5, 0.6) is 0 Å². The van der Waals surface area contributed by atoms with Crippen molar-refractivity contribution in [2.45, 2.75) is 19.3 Å². The Morgan fingerprint density at radius 3 is 3.00 bits per heavy atom. The molecule has 0 unspecified atom stereocenters. The van der Waals surface area contributed by atoms with Gasteiger partial charge < -0.3 is 0 Å². The predicted octanol–water partition coefficient (Wildman–Crippen LogP) is 1.71. The van der Waals surface area contributed by atoms with Crippen molar-refractivity contribution in [1.82, 2.24) is 10.4 Å². The summed E-state index contributed by atoms with van der Waals surface area (Å²) in [5.74, 6) is 0.0853. The third kappa shape index (κ3) is 4.30. The number of Topliss-reactive ketones (excluding diaryl/α,β-unsaturated/α-hetero) is 1. The zero-order chi connectivity index (χ0) is 10.9. The molecule has 0 bridgehead atoms. The van der Waals surface area contributed by atoms with Crippen LogP contribution in [0.2, 0.25) is 0 Å². The SMILES string of the molecule is O=NNCCCCC(=O)c1cccnc1. The lowest BCUT2D eigenvalue weighted by Gasteiger charge is -1.99. The first kappa shape index (κ1) is 11.3. The standard InChI is InChI=1S/C10H13N3O2/c14-10(5-1-2-7-12-13-15)9-4-3-6-11-8-9/h3-4,6,8H,1-2,5,7H2,(H,12,15). The van der Waals surface area contributed by atoms with Gasteiger partial charge in [-0.25, -0.2) is 0 Å². The third-order valence-corrected chi connectivity index (χ3v) is 1.99. The molecule has 0 amide bonds. The van der Waals surface area contributed by atoms with Gasteiger partial charge >= 0.3 is 0 Å². The molecule has 0 saturated carbocycles. The molecule has 0 saturated heterocycles. The molecule has 1 N–H and O–H groups in total. The van der Waals surface area contributed by atoms with Crippen molar-refractivity contribution in [3.05, 3.63) is 35.0 Å². The fourth-order valence-corrected chi connectivity index (χ4v) is 1.21. The zero-order valence-electron chi connectivity index (χ0n) is 8.35. The van der Waals surface area contributed by atoms with Crippen LogP contribution in [0.15, 0.2) is 29.8 Å². The smallest absolute Gasteiger partial charge is 0.164 e. The Balaban J connectivity index is 2.22. The van der Waals surface area contributed by atoms with Crippen LogP contribution in [-0.2, 0) is 0 Å². The number of aromatic nitrogens is 1. The molecule has 5 nitrogen and oxygen atoms in total. The molecule has 0 aliphatic heterocycles. The fraction of sp³-hybridized carbons (Fsp3) is 0.400. The predicted molar refractivity (Wildman–Crippen MR) is 56.2 cm³/mol. The summed E-state index contributed by atoms with van der Waals surface area (Å²) in [6.07, 6.45) is 5.18. The van der Waals surface area contributed by atoms with Gasteiger partial charge in [0.05, 0.1) is 0 Å². The van der Waals surface area contributed by atoms with Crippen molar-refractivity contribution in [2.24, 2.45) is 5.29 Å². The van der Waals surface area contributed by atoms with Crippen molar-refractivity contribution in [3.8, 4) is 0 Å². The quantitative estimate of drug-likeness (QED) is 0.320. The molecule has 0 spiro atoms. The molecular formula is C10H13N3O2. The second kappa shape index (κ2) is 6.64. The van der Waals surface area contributed by atoms with E-state index in [1.54, 1.807) is 24.5 Å². The van der Waals surface area contributed by atoms with E-state index in [0.717, 1.165) is 12.8 Å². The molecule has 0 atom stereocenters. The summed E-state index contributed by atoms with van der Waals surface area (Å²) >= 11 is 0. The first-order chi connectivity index (χ1) is 7.34. The number of nitrogens with zero attached hydrogens (tertiary/aromatic N) is 2. The number of ketones is 1. The van der Waals surface area contributed by atoms with E-state index in [-0.39, 0.29) is 5.78 Å². The van der Waals surface area contributed by atoms with E-state index in [4.69, 9.17) is 0 Å². The molecule has 1 aromatic heterocycles. The van der Waals surface area contributed by atoms with Crippen LogP contribution in [0, 0.1) is 4.91 Å². The summed E-state index contributed by atoms with van der Waals surface area (Å²) in [6, 6.07) is 3.49. The van der Waals surface area contributed by atoms with E-state index >= 15 is 0 Å². The van der Waals surface area contributed by atoms with Gasteiger partial charge in [-0.3, -0.25) is 15.2 Å². The van der Waals surface area contributed by atoms with E-state index in [2.05, 4.69) is 15.7 Å². The van der Waals surface area contributed by atoms with E-state index < -0.39 is 0 Å². The number of hydrogen-bond acceptors (Lipinski definition) is 4. The lowest BCUT2D eigenvalue weighted by atomic mass is 10.1. The molecule has 5 heteroatoms. The minimum absolute atomic E-state index is 0.0853. The van der Waals surface area contributed by atoms with Crippen LogP contribution in [-0.4, -0.2) is 17.3 Å². The van der Waals surface area contributed by atoms with Crippen molar-refractivity contribution in [1.29, 1.82) is 0 Å². The number of unbranched alkanes of at least 4 members (excludes halogenated alkanes) is 1. The number of carbonyl (C=O) groups excluding carboxylic acids is 1. The Kier molecular flexibility index (Phi) is 5.00. The zero-order valence-corrected chi connectivity index (χ0v) is 8.35. The number of carbonyl (C=O) groups is 1. The number of nitrogens with one attached hydrogen (secondary N) is 1. The Bertz CT molecular complexity index is 314. The molecule has 0 fully saturated rings. The molecule has 80 valence electrons. The first-order valence-electron chi connectivity index (χ1n) is 4.83. The average Bonchev–Trinajstić information content (AvgIpc) is 2.30. The van der Waals surface area contributed by atoms with Gasteiger partial charge in [-0.1, -0.05) is 0 Å². The van der Waals surface area contributed by atoms with E-state index in [1.165, 1.54) is 0 Å². The summed E-state index contributed by atoms with van der Waals surface area (Å²) in [5, 5.41) is 2.52. The van der Waals surface area contributed by atoms with Gasteiger partial charge in [0.2, 0.25) is 0 Å². The monoisotopic (exact) mass is 207 g/mol. The Morgan fingerprint density at radius 2 is 2.33 bits per heavy atom. The second-order valence-corrected chi connectivity index (χ2v) is 3.12. The molecule has 0 aliphatic rings.